The Labute approximate surface area is 404 Å². The molecule has 2 aliphatic heterocycles. The van der Waals surface area contributed by atoms with E-state index in [1.165, 1.54) is 17.0 Å². The molecule has 2 heterocycles. The SMILES string of the molecule is CCC[C@H](NC(=O)[C@H](Cc1ccc(CS(=O)(=O)O)cc1)NC(=O)N1CCN(C)CC1)C(=O)N1CCC[C@H]1C(=O)N[C@@H](Cc1cccc2ccccc12)C(=O)N[C@@H](CCCC(=O)O)C(=O)NC(C)(C)C. The van der Waals surface area contributed by atoms with Crippen molar-refractivity contribution in [3.05, 3.63) is 83.4 Å². The second-order valence-electron chi connectivity index (χ2n) is 19.1. The summed E-state index contributed by atoms with van der Waals surface area (Å²) >= 11 is 0. The Hall–Kier alpha value is -6.12. The van der Waals surface area contributed by atoms with Crippen LogP contribution in [0.4, 0.5) is 4.79 Å². The van der Waals surface area contributed by atoms with Gasteiger partial charge in [0, 0.05) is 57.5 Å². The van der Waals surface area contributed by atoms with E-state index in [1.807, 2.05) is 56.4 Å². The number of likely N-dealkylation sites (tertiary alicyclic amines) is 1. The topological polar surface area (TPSA) is 264 Å². The molecule has 19 nitrogen and oxygen atoms in total. The van der Waals surface area contributed by atoms with Crippen LogP contribution in [-0.4, -0.2) is 150 Å². The number of benzene rings is 3. The number of likely N-dealkylation sites (N-methyl/N-ethyl adjacent to an activating group) is 1. The molecule has 2 fully saturated rings. The van der Waals surface area contributed by atoms with Crippen molar-refractivity contribution in [1.29, 1.82) is 0 Å². The number of aliphatic carboxylic acids is 1. The molecule has 2 aliphatic rings. The van der Waals surface area contributed by atoms with Crippen molar-refractivity contribution in [1.82, 2.24) is 41.3 Å². The third kappa shape index (κ3) is 16.5. The molecule has 5 atom stereocenters. The highest BCUT2D eigenvalue weighted by molar-refractivity contribution is 7.85. The van der Waals surface area contributed by atoms with Gasteiger partial charge in [-0.1, -0.05) is 80.1 Å². The first kappa shape index (κ1) is 53.8. The zero-order chi connectivity index (χ0) is 50.5. The molecule has 0 aromatic heterocycles. The van der Waals surface area contributed by atoms with Crippen molar-refractivity contribution >= 4 is 62.4 Å². The minimum Gasteiger partial charge on any atom is -0.481 e. The molecule has 0 spiro atoms. The van der Waals surface area contributed by atoms with Crippen LogP contribution in [0.3, 0.4) is 0 Å². The second kappa shape index (κ2) is 24.4. The molecule has 69 heavy (non-hydrogen) atoms. The molecule has 3 aromatic carbocycles. The number of carbonyl (C=O) groups excluding carboxylic acids is 6. The van der Waals surface area contributed by atoms with Crippen LogP contribution in [0.5, 0.6) is 0 Å². The van der Waals surface area contributed by atoms with E-state index in [9.17, 15) is 51.6 Å². The number of carbonyl (C=O) groups is 7. The van der Waals surface area contributed by atoms with Gasteiger partial charge in [-0.05, 0) is 87.4 Å². The molecule has 0 unspecified atom stereocenters. The fraction of sp³-hybridized carbons (Fsp3) is 0.531. The Kier molecular flexibility index (Phi) is 19.1. The molecule has 5 rings (SSSR count). The molecule has 0 saturated carbocycles. The van der Waals surface area contributed by atoms with Gasteiger partial charge < -0.3 is 46.4 Å². The number of carboxylic acid groups (broad SMARTS) is 1. The average molecular weight is 977 g/mol. The Balaban J connectivity index is 1.37. The molecule has 0 aliphatic carbocycles. The van der Waals surface area contributed by atoms with Gasteiger partial charge in [-0.2, -0.15) is 8.42 Å². The molecule has 0 bridgehead atoms. The summed E-state index contributed by atoms with van der Waals surface area (Å²) in [6, 6.07) is 13.3. The van der Waals surface area contributed by atoms with Crippen LogP contribution in [0.1, 0.15) is 89.3 Å². The normalized spacial score (nSPS) is 17.3. The van der Waals surface area contributed by atoms with E-state index in [2.05, 4.69) is 31.5 Å². The van der Waals surface area contributed by atoms with Gasteiger partial charge in [0.25, 0.3) is 10.1 Å². The van der Waals surface area contributed by atoms with Gasteiger partial charge in [-0.3, -0.25) is 33.3 Å². The number of nitrogens with zero attached hydrogens (tertiary/aromatic N) is 3. The van der Waals surface area contributed by atoms with Gasteiger partial charge in [0.15, 0.2) is 0 Å². The van der Waals surface area contributed by atoms with Crippen molar-refractivity contribution in [2.45, 2.75) is 127 Å². The van der Waals surface area contributed by atoms with Crippen LogP contribution >= 0.6 is 0 Å². The smallest absolute Gasteiger partial charge is 0.318 e. The highest BCUT2D eigenvalue weighted by Gasteiger charge is 2.40. The zero-order valence-electron chi connectivity index (χ0n) is 40.2. The van der Waals surface area contributed by atoms with E-state index in [4.69, 9.17) is 0 Å². The average Bonchev–Trinajstić information content (AvgIpc) is 3.78. The fourth-order valence-electron chi connectivity index (χ4n) is 8.62. The lowest BCUT2D eigenvalue weighted by Crippen LogP contribution is -2.60. The number of fused-ring (bicyclic) bond motifs is 1. The second-order valence-corrected chi connectivity index (χ2v) is 20.5. The monoisotopic (exact) mass is 976 g/mol. The number of carboxylic acids is 1. The Morgan fingerprint density at radius 1 is 0.725 bits per heavy atom. The maximum absolute atomic E-state index is 14.6. The number of hydrogen-bond donors (Lipinski definition) is 7. The molecule has 20 heteroatoms. The van der Waals surface area contributed by atoms with Crippen LogP contribution in [-0.2, 0) is 57.5 Å². The third-order valence-corrected chi connectivity index (χ3v) is 12.9. The lowest BCUT2D eigenvalue weighted by Gasteiger charge is -2.34. The third-order valence-electron chi connectivity index (χ3n) is 12.2. The maximum Gasteiger partial charge on any atom is 0.318 e. The maximum atomic E-state index is 14.6. The van der Waals surface area contributed by atoms with Crippen molar-refractivity contribution in [2.24, 2.45) is 0 Å². The summed E-state index contributed by atoms with van der Waals surface area (Å²) in [5.41, 5.74) is 0.969. The van der Waals surface area contributed by atoms with Crippen LogP contribution in [0.15, 0.2) is 66.7 Å². The first-order chi connectivity index (χ1) is 32.6. The van der Waals surface area contributed by atoms with Crippen LogP contribution in [0.2, 0.25) is 0 Å². The van der Waals surface area contributed by atoms with E-state index in [1.54, 1.807) is 37.8 Å². The lowest BCUT2D eigenvalue weighted by atomic mass is 9.97. The van der Waals surface area contributed by atoms with Crippen molar-refractivity contribution in [3.8, 4) is 0 Å². The lowest BCUT2D eigenvalue weighted by molar-refractivity contribution is -0.142. The van der Waals surface area contributed by atoms with Crippen molar-refractivity contribution in [3.63, 3.8) is 0 Å². The number of urea groups is 1. The van der Waals surface area contributed by atoms with Crippen molar-refractivity contribution in [2.75, 3.05) is 39.8 Å². The largest absolute Gasteiger partial charge is 0.481 e. The zero-order valence-corrected chi connectivity index (χ0v) is 41.0. The highest BCUT2D eigenvalue weighted by atomic mass is 32.2. The summed E-state index contributed by atoms with van der Waals surface area (Å²) in [4.78, 5) is 101. The van der Waals surface area contributed by atoms with E-state index in [0.717, 1.165) is 16.3 Å². The Morgan fingerprint density at radius 3 is 1.99 bits per heavy atom. The summed E-state index contributed by atoms with van der Waals surface area (Å²) < 4.78 is 32.3. The minimum atomic E-state index is -4.29. The van der Waals surface area contributed by atoms with E-state index < -0.39 is 93.2 Å². The van der Waals surface area contributed by atoms with E-state index >= 15 is 0 Å². The number of rotatable bonds is 21. The Morgan fingerprint density at radius 2 is 1.35 bits per heavy atom. The number of hydrogen-bond acceptors (Lipinski definition) is 10. The van der Waals surface area contributed by atoms with Gasteiger partial charge in [0.2, 0.25) is 29.5 Å². The fourth-order valence-corrected chi connectivity index (χ4v) is 9.24. The van der Waals surface area contributed by atoms with E-state index in [0.29, 0.717) is 50.1 Å². The van der Waals surface area contributed by atoms with Gasteiger partial charge in [0.05, 0.1) is 0 Å². The van der Waals surface area contributed by atoms with Crippen LogP contribution in [0.25, 0.3) is 10.8 Å². The molecular weight excluding hydrogens is 909 g/mol. The van der Waals surface area contributed by atoms with Crippen molar-refractivity contribution < 1.29 is 51.6 Å². The summed E-state index contributed by atoms with van der Waals surface area (Å²) in [5.74, 6) is -4.61. The molecule has 7 N–H and O–H groups in total. The van der Waals surface area contributed by atoms with Gasteiger partial charge in [-0.15, -0.1) is 0 Å². The summed E-state index contributed by atoms with van der Waals surface area (Å²) in [6.45, 7) is 9.50. The van der Waals surface area contributed by atoms with Gasteiger partial charge in [-0.25, -0.2) is 4.79 Å². The summed E-state index contributed by atoms with van der Waals surface area (Å²) in [5, 5.41) is 25.3. The predicted octanol–water partition coefficient (Wildman–Crippen LogP) is 2.75. The number of piperazine rings is 1. The molecule has 0 radical (unpaired) electrons. The standard InChI is InChI=1S/C49H68N8O11S/c1-6-12-38(51-43(60)39(53-48(65)56-27-25-55(5)26-28-56)29-32-20-22-33(23-21-32)31-69(66,67)68)47(64)57-24-11-18-41(57)46(63)52-40(30-35-15-9-14-34-13-7-8-16-36(34)35)44(61)50-37(17-10-19-42(58)59)45(62)54-49(2,3)4/h7-9,13-16,20-23,37-41H,6,10-12,17-19,24-31H2,1-5H3,(H,50,61)(H,51,60)(H,52,63)(H,53,65)(H,54,62)(H,58,59)(H,66,67,68)/t37-,38-,39-,40-,41-/m0/s1. The highest BCUT2D eigenvalue weighted by Crippen LogP contribution is 2.23. The molecular formula is C49H68N8O11S. The predicted molar refractivity (Wildman–Crippen MR) is 259 cm³/mol. The van der Waals surface area contributed by atoms with Gasteiger partial charge >= 0.3 is 12.0 Å². The summed E-state index contributed by atoms with van der Waals surface area (Å²) in [6.07, 6.45) is 1.28. The molecule has 2 saturated heterocycles. The van der Waals surface area contributed by atoms with Gasteiger partial charge in [0.1, 0.15) is 36.0 Å². The Bertz CT molecular complexity index is 2410. The molecule has 7 amide bonds. The van der Waals surface area contributed by atoms with Crippen LogP contribution in [0, 0.1) is 0 Å². The van der Waals surface area contributed by atoms with E-state index in [-0.39, 0.29) is 51.5 Å². The number of amides is 7. The van der Waals surface area contributed by atoms with Crippen LogP contribution < -0.4 is 26.6 Å². The first-order valence-corrected chi connectivity index (χ1v) is 25.2. The quantitative estimate of drug-likeness (QED) is 0.0761. The number of nitrogens with one attached hydrogen (secondary N) is 5. The summed E-state index contributed by atoms with van der Waals surface area (Å²) in [7, 11) is -2.34. The minimum absolute atomic E-state index is 0.0152. The first-order valence-electron chi connectivity index (χ1n) is 23.6. The molecule has 376 valence electrons. The molecule has 3 aromatic rings.